The van der Waals surface area contributed by atoms with Crippen molar-refractivity contribution in [1.82, 2.24) is 14.8 Å². The van der Waals surface area contributed by atoms with E-state index in [1.54, 1.807) is 0 Å². The summed E-state index contributed by atoms with van der Waals surface area (Å²) in [5.41, 5.74) is 3.38. The first-order valence-electron chi connectivity index (χ1n) is 9.44. The van der Waals surface area contributed by atoms with Gasteiger partial charge in [-0.25, -0.2) is 4.98 Å². The van der Waals surface area contributed by atoms with Crippen LogP contribution >= 0.6 is 15.9 Å². The van der Waals surface area contributed by atoms with Crippen molar-refractivity contribution in [2.75, 3.05) is 32.7 Å². The second-order valence-electron chi connectivity index (χ2n) is 6.96. The molecule has 1 fully saturated rings. The maximum atomic E-state index is 13.4. The maximum Gasteiger partial charge on any atom is 0.254 e. The van der Waals surface area contributed by atoms with Gasteiger partial charge in [-0.2, -0.15) is 0 Å². The molecule has 0 bridgehead atoms. The topological polar surface area (TPSA) is 36.4 Å². The van der Waals surface area contributed by atoms with E-state index in [-0.39, 0.29) is 5.91 Å². The summed E-state index contributed by atoms with van der Waals surface area (Å²) in [6.45, 7) is 7.87. The first-order chi connectivity index (χ1) is 13.7. The first kappa shape index (κ1) is 18.8. The van der Waals surface area contributed by atoms with Gasteiger partial charge in [0.25, 0.3) is 5.91 Å². The fourth-order valence-electron chi connectivity index (χ4n) is 3.62. The van der Waals surface area contributed by atoms with E-state index in [1.807, 2.05) is 65.6 Å². The molecule has 28 heavy (non-hydrogen) atoms. The molecular weight excluding hydrogens is 414 g/mol. The number of hydrogen-bond donors (Lipinski definition) is 0. The van der Waals surface area contributed by atoms with Crippen LogP contribution in [-0.4, -0.2) is 53.4 Å². The van der Waals surface area contributed by atoms with Gasteiger partial charge >= 0.3 is 0 Å². The largest absolute Gasteiger partial charge is 0.336 e. The van der Waals surface area contributed by atoms with Crippen molar-refractivity contribution in [3.05, 3.63) is 77.3 Å². The number of rotatable bonds is 4. The van der Waals surface area contributed by atoms with E-state index in [4.69, 9.17) is 4.98 Å². The van der Waals surface area contributed by atoms with E-state index in [0.717, 1.165) is 59.4 Å². The maximum absolute atomic E-state index is 13.4. The highest BCUT2D eigenvalue weighted by atomic mass is 79.9. The van der Waals surface area contributed by atoms with Gasteiger partial charge in [-0.1, -0.05) is 52.3 Å². The highest BCUT2D eigenvalue weighted by molar-refractivity contribution is 9.10. The third-order valence-corrected chi connectivity index (χ3v) is 5.61. The molecule has 0 radical (unpaired) electrons. The monoisotopic (exact) mass is 435 g/mol. The Bertz CT molecular complexity index is 1010. The number of carbonyl (C=O) groups is 1. The van der Waals surface area contributed by atoms with Gasteiger partial charge < -0.3 is 4.90 Å². The number of pyridine rings is 1. The number of fused-ring (bicyclic) bond motifs is 1. The molecule has 142 valence electrons. The summed E-state index contributed by atoms with van der Waals surface area (Å²) in [4.78, 5) is 22.5. The lowest BCUT2D eigenvalue weighted by Crippen LogP contribution is -2.48. The van der Waals surface area contributed by atoms with Gasteiger partial charge in [-0.15, -0.1) is 6.58 Å². The normalized spacial score (nSPS) is 15.0. The van der Waals surface area contributed by atoms with Crippen LogP contribution in [0.4, 0.5) is 0 Å². The van der Waals surface area contributed by atoms with E-state index in [1.165, 1.54) is 0 Å². The van der Waals surface area contributed by atoms with E-state index in [9.17, 15) is 4.79 Å². The fraction of sp³-hybridized carbons (Fsp3) is 0.217. The van der Waals surface area contributed by atoms with Crippen LogP contribution in [0.25, 0.3) is 22.2 Å². The Morgan fingerprint density at radius 2 is 1.82 bits per heavy atom. The Kier molecular flexibility index (Phi) is 5.55. The molecular formula is C23H22BrN3O. The quantitative estimate of drug-likeness (QED) is 0.561. The zero-order valence-corrected chi connectivity index (χ0v) is 17.2. The molecule has 1 saturated heterocycles. The van der Waals surface area contributed by atoms with Crippen LogP contribution in [0.2, 0.25) is 0 Å². The minimum atomic E-state index is 0.0703. The zero-order valence-electron chi connectivity index (χ0n) is 15.6. The van der Waals surface area contributed by atoms with Crippen LogP contribution in [0.5, 0.6) is 0 Å². The predicted molar refractivity (Wildman–Crippen MR) is 117 cm³/mol. The van der Waals surface area contributed by atoms with Crippen LogP contribution < -0.4 is 0 Å². The van der Waals surface area contributed by atoms with E-state index in [0.29, 0.717) is 5.56 Å². The van der Waals surface area contributed by atoms with Crippen molar-refractivity contribution in [1.29, 1.82) is 0 Å². The summed E-state index contributed by atoms with van der Waals surface area (Å²) in [6, 6.07) is 17.9. The van der Waals surface area contributed by atoms with Gasteiger partial charge in [0.1, 0.15) is 0 Å². The average molecular weight is 436 g/mol. The molecule has 2 heterocycles. The van der Waals surface area contributed by atoms with E-state index in [2.05, 4.69) is 27.4 Å². The van der Waals surface area contributed by atoms with Gasteiger partial charge in [0.05, 0.1) is 16.8 Å². The van der Waals surface area contributed by atoms with Gasteiger partial charge in [-0.3, -0.25) is 9.69 Å². The molecule has 1 aromatic heterocycles. The number of aromatic nitrogens is 1. The minimum Gasteiger partial charge on any atom is -0.336 e. The second-order valence-corrected chi connectivity index (χ2v) is 7.88. The number of nitrogens with zero attached hydrogens (tertiary/aromatic N) is 3. The molecule has 0 N–H and O–H groups in total. The van der Waals surface area contributed by atoms with Crippen LogP contribution in [0.3, 0.4) is 0 Å². The van der Waals surface area contributed by atoms with Crippen molar-refractivity contribution in [3.63, 3.8) is 0 Å². The summed E-state index contributed by atoms with van der Waals surface area (Å²) in [6.07, 6.45) is 1.91. The Labute approximate surface area is 173 Å². The zero-order chi connectivity index (χ0) is 19.5. The van der Waals surface area contributed by atoms with Crippen molar-refractivity contribution in [2.24, 2.45) is 0 Å². The van der Waals surface area contributed by atoms with Crippen LogP contribution in [0.15, 0.2) is 71.7 Å². The smallest absolute Gasteiger partial charge is 0.254 e. The molecule has 1 aliphatic rings. The predicted octanol–water partition coefficient (Wildman–Crippen LogP) is 4.61. The molecule has 0 atom stereocenters. The minimum absolute atomic E-state index is 0.0703. The Morgan fingerprint density at radius 3 is 2.54 bits per heavy atom. The first-order valence-corrected chi connectivity index (χ1v) is 10.2. The number of hydrogen-bond acceptors (Lipinski definition) is 3. The number of halogens is 1. The SMILES string of the molecule is C=CCN1CCN(C(=O)c2cc(-c3ccccc3)nc3ccc(Br)cc23)CC1. The highest BCUT2D eigenvalue weighted by Gasteiger charge is 2.24. The molecule has 2 aromatic carbocycles. The average Bonchev–Trinajstić information content (AvgIpc) is 2.74. The van der Waals surface area contributed by atoms with Gasteiger partial charge in [0, 0.05) is 48.1 Å². The van der Waals surface area contributed by atoms with E-state index >= 15 is 0 Å². The van der Waals surface area contributed by atoms with Crippen LogP contribution in [0, 0.1) is 0 Å². The Balaban J connectivity index is 1.73. The highest BCUT2D eigenvalue weighted by Crippen LogP contribution is 2.28. The lowest BCUT2D eigenvalue weighted by molar-refractivity contribution is 0.0652. The van der Waals surface area contributed by atoms with Gasteiger partial charge in [-0.05, 0) is 24.3 Å². The van der Waals surface area contributed by atoms with Crippen molar-refractivity contribution in [3.8, 4) is 11.3 Å². The lowest BCUT2D eigenvalue weighted by Gasteiger charge is -2.34. The summed E-state index contributed by atoms with van der Waals surface area (Å²) >= 11 is 3.53. The Morgan fingerprint density at radius 1 is 1.07 bits per heavy atom. The number of benzene rings is 2. The third-order valence-electron chi connectivity index (χ3n) is 5.12. The summed E-state index contributed by atoms with van der Waals surface area (Å²) in [5.74, 6) is 0.0703. The van der Waals surface area contributed by atoms with Crippen molar-refractivity contribution >= 4 is 32.7 Å². The second kappa shape index (κ2) is 8.25. The molecule has 3 aromatic rings. The molecule has 4 rings (SSSR count). The van der Waals surface area contributed by atoms with Crippen LogP contribution in [0.1, 0.15) is 10.4 Å². The number of carbonyl (C=O) groups excluding carboxylic acids is 1. The molecule has 0 aliphatic carbocycles. The Hall–Kier alpha value is -2.50. The molecule has 5 heteroatoms. The summed E-state index contributed by atoms with van der Waals surface area (Å²) in [7, 11) is 0. The van der Waals surface area contributed by atoms with Gasteiger partial charge in [0.15, 0.2) is 0 Å². The van der Waals surface area contributed by atoms with Crippen LogP contribution in [-0.2, 0) is 0 Å². The fourth-order valence-corrected chi connectivity index (χ4v) is 3.98. The molecule has 0 unspecified atom stereocenters. The van der Waals surface area contributed by atoms with Crippen molar-refractivity contribution < 1.29 is 4.79 Å². The summed E-state index contributed by atoms with van der Waals surface area (Å²) < 4.78 is 0.944. The molecule has 0 saturated carbocycles. The molecule has 1 aliphatic heterocycles. The lowest BCUT2D eigenvalue weighted by atomic mass is 10.0. The van der Waals surface area contributed by atoms with E-state index < -0.39 is 0 Å². The number of piperazine rings is 1. The third kappa shape index (κ3) is 3.86. The van der Waals surface area contributed by atoms with Gasteiger partial charge in [0.2, 0.25) is 0 Å². The molecule has 4 nitrogen and oxygen atoms in total. The van der Waals surface area contributed by atoms with Crippen molar-refractivity contribution in [2.45, 2.75) is 0 Å². The standard InChI is InChI=1S/C23H22BrN3O/c1-2-10-26-11-13-27(14-12-26)23(28)20-16-22(17-6-4-3-5-7-17)25-21-9-8-18(24)15-19(20)21/h2-9,15-16H,1,10-14H2. The molecule has 0 spiro atoms. The summed E-state index contributed by atoms with van der Waals surface area (Å²) in [5, 5.41) is 0.882. The molecule has 1 amide bonds. The number of amides is 1.